The maximum Gasteiger partial charge on any atom is 0.261 e. The number of carbonyl (C=O) groups is 1. The van der Waals surface area contributed by atoms with Crippen molar-refractivity contribution in [3.63, 3.8) is 0 Å². The van der Waals surface area contributed by atoms with Crippen molar-refractivity contribution in [2.45, 2.75) is 11.4 Å². The van der Waals surface area contributed by atoms with Gasteiger partial charge >= 0.3 is 0 Å². The highest BCUT2D eigenvalue weighted by atomic mass is 32.2. The minimum Gasteiger partial charge on any atom is -0.494 e. The average molecular weight is 484 g/mol. The molecule has 0 aliphatic carbocycles. The van der Waals surface area contributed by atoms with E-state index in [0.29, 0.717) is 44.0 Å². The molecule has 0 spiro atoms. The molecule has 1 N–H and O–H groups in total. The number of nitrogens with one attached hydrogen (secondary N) is 1. The monoisotopic (exact) mass is 483 g/mol. The predicted molar refractivity (Wildman–Crippen MR) is 128 cm³/mol. The van der Waals surface area contributed by atoms with Crippen molar-refractivity contribution in [1.29, 1.82) is 0 Å². The smallest absolute Gasteiger partial charge is 0.261 e. The second-order valence-electron chi connectivity index (χ2n) is 8.03. The fourth-order valence-electron chi connectivity index (χ4n) is 3.86. The van der Waals surface area contributed by atoms with Gasteiger partial charge in [-0.05, 0) is 54.1 Å². The van der Waals surface area contributed by atoms with Crippen LogP contribution in [-0.2, 0) is 16.6 Å². The number of piperazine rings is 1. The SMILES string of the molecule is COc1ccc(CN2CCN(C(=O)c3ccc(S(=O)(=O)Nc4ccccc4)cc3)CC2)cc1F. The van der Waals surface area contributed by atoms with Gasteiger partial charge in [-0.3, -0.25) is 14.4 Å². The van der Waals surface area contributed by atoms with Crippen LogP contribution in [0, 0.1) is 5.82 Å². The fraction of sp³-hybridized carbons (Fsp3) is 0.240. The quantitative estimate of drug-likeness (QED) is 0.556. The van der Waals surface area contributed by atoms with Crippen molar-refractivity contribution >= 4 is 21.6 Å². The molecule has 3 aromatic carbocycles. The molecule has 3 aromatic rings. The number of rotatable bonds is 7. The van der Waals surface area contributed by atoms with E-state index >= 15 is 0 Å². The van der Waals surface area contributed by atoms with Gasteiger partial charge < -0.3 is 9.64 Å². The van der Waals surface area contributed by atoms with Crippen molar-refractivity contribution in [2.24, 2.45) is 0 Å². The highest BCUT2D eigenvalue weighted by molar-refractivity contribution is 7.92. The third kappa shape index (κ3) is 5.55. The number of anilines is 1. The molecule has 7 nitrogen and oxygen atoms in total. The molecule has 1 aliphatic rings. The third-order valence-electron chi connectivity index (χ3n) is 5.72. The Morgan fingerprint density at radius 3 is 2.26 bits per heavy atom. The molecule has 4 rings (SSSR count). The van der Waals surface area contributed by atoms with Crippen LogP contribution in [0.15, 0.2) is 77.7 Å². The van der Waals surface area contributed by atoms with Gasteiger partial charge in [0.2, 0.25) is 0 Å². The number of nitrogens with zero attached hydrogens (tertiary/aromatic N) is 2. The van der Waals surface area contributed by atoms with E-state index in [-0.39, 0.29) is 16.6 Å². The van der Waals surface area contributed by atoms with Gasteiger partial charge in [-0.2, -0.15) is 0 Å². The normalized spacial score (nSPS) is 14.6. The van der Waals surface area contributed by atoms with E-state index in [1.165, 1.54) is 37.4 Å². The Morgan fingerprint density at radius 1 is 0.971 bits per heavy atom. The number of hydrogen-bond acceptors (Lipinski definition) is 5. The third-order valence-corrected chi connectivity index (χ3v) is 7.12. The molecule has 1 amide bonds. The van der Waals surface area contributed by atoms with E-state index in [4.69, 9.17) is 4.74 Å². The molecule has 34 heavy (non-hydrogen) atoms. The molecule has 0 atom stereocenters. The molecule has 1 fully saturated rings. The number of hydrogen-bond donors (Lipinski definition) is 1. The standard InChI is InChI=1S/C25H26FN3O4S/c1-33-24-12-7-19(17-23(24)26)18-28-13-15-29(16-14-28)25(30)20-8-10-22(11-9-20)34(31,32)27-21-5-3-2-4-6-21/h2-12,17,27H,13-16,18H2,1H3. The average Bonchev–Trinajstić information content (AvgIpc) is 2.85. The summed E-state index contributed by atoms with van der Waals surface area (Å²) in [6, 6.07) is 19.5. The predicted octanol–water partition coefficient (Wildman–Crippen LogP) is 3.59. The highest BCUT2D eigenvalue weighted by Crippen LogP contribution is 2.20. The number of methoxy groups -OCH3 is 1. The summed E-state index contributed by atoms with van der Waals surface area (Å²) < 4.78 is 46.6. The van der Waals surface area contributed by atoms with Gasteiger partial charge in [0.25, 0.3) is 15.9 Å². The first kappa shape index (κ1) is 23.7. The highest BCUT2D eigenvalue weighted by Gasteiger charge is 2.23. The Labute approximate surface area is 198 Å². The first-order chi connectivity index (χ1) is 16.4. The lowest BCUT2D eigenvalue weighted by Crippen LogP contribution is -2.48. The van der Waals surface area contributed by atoms with Crippen LogP contribution >= 0.6 is 0 Å². The lowest BCUT2D eigenvalue weighted by atomic mass is 10.1. The molecular weight excluding hydrogens is 457 g/mol. The van der Waals surface area contributed by atoms with Crippen LogP contribution in [0.2, 0.25) is 0 Å². The fourth-order valence-corrected chi connectivity index (χ4v) is 4.91. The maximum absolute atomic E-state index is 13.9. The van der Waals surface area contributed by atoms with Crippen LogP contribution in [0.5, 0.6) is 5.75 Å². The van der Waals surface area contributed by atoms with Gasteiger partial charge in [-0.1, -0.05) is 24.3 Å². The summed E-state index contributed by atoms with van der Waals surface area (Å²) in [5.74, 6) is -0.317. The van der Waals surface area contributed by atoms with E-state index < -0.39 is 15.8 Å². The van der Waals surface area contributed by atoms with E-state index in [9.17, 15) is 17.6 Å². The lowest BCUT2D eigenvalue weighted by molar-refractivity contribution is 0.0628. The molecule has 1 saturated heterocycles. The number of sulfonamides is 1. The Kier molecular flexibility index (Phi) is 7.14. The van der Waals surface area contributed by atoms with Crippen LogP contribution in [0.4, 0.5) is 10.1 Å². The number of amides is 1. The first-order valence-corrected chi connectivity index (χ1v) is 12.4. The first-order valence-electron chi connectivity index (χ1n) is 10.9. The van der Waals surface area contributed by atoms with Gasteiger partial charge in [0.1, 0.15) is 0 Å². The van der Waals surface area contributed by atoms with Crippen LogP contribution in [0.1, 0.15) is 15.9 Å². The molecule has 9 heteroatoms. The zero-order valence-corrected chi connectivity index (χ0v) is 19.6. The van der Waals surface area contributed by atoms with Gasteiger partial charge in [0.05, 0.1) is 12.0 Å². The molecule has 178 valence electrons. The largest absolute Gasteiger partial charge is 0.494 e. The van der Waals surface area contributed by atoms with Gasteiger partial charge in [0, 0.05) is 44.0 Å². The summed E-state index contributed by atoms with van der Waals surface area (Å²) in [7, 11) is -2.31. The van der Waals surface area contributed by atoms with Gasteiger partial charge in [0.15, 0.2) is 11.6 Å². The molecule has 0 radical (unpaired) electrons. The zero-order chi connectivity index (χ0) is 24.1. The molecular formula is C25H26FN3O4S. The Bertz CT molecular complexity index is 1240. The summed E-state index contributed by atoms with van der Waals surface area (Å²) in [4.78, 5) is 16.9. The summed E-state index contributed by atoms with van der Waals surface area (Å²) in [5.41, 5.74) is 1.75. The maximum atomic E-state index is 13.9. The number of para-hydroxylation sites is 1. The van der Waals surface area contributed by atoms with E-state index in [1.807, 2.05) is 6.07 Å². The number of halogens is 1. The van der Waals surface area contributed by atoms with Crippen LogP contribution in [-0.4, -0.2) is 57.4 Å². The van der Waals surface area contributed by atoms with Crippen molar-refractivity contribution in [1.82, 2.24) is 9.80 Å². The summed E-state index contributed by atoms with van der Waals surface area (Å²) in [5, 5.41) is 0. The van der Waals surface area contributed by atoms with Crippen LogP contribution in [0.25, 0.3) is 0 Å². The van der Waals surface area contributed by atoms with Gasteiger partial charge in [-0.15, -0.1) is 0 Å². The molecule has 0 saturated carbocycles. The van der Waals surface area contributed by atoms with Crippen molar-refractivity contribution in [3.8, 4) is 5.75 Å². The Hall–Kier alpha value is -3.43. The minimum absolute atomic E-state index is 0.0875. The van der Waals surface area contributed by atoms with E-state index in [1.54, 1.807) is 41.3 Å². The molecule has 0 aromatic heterocycles. The van der Waals surface area contributed by atoms with Gasteiger partial charge in [-0.25, -0.2) is 12.8 Å². The van der Waals surface area contributed by atoms with E-state index in [0.717, 1.165) is 5.56 Å². The number of benzene rings is 3. The van der Waals surface area contributed by atoms with Crippen molar-refractivity contribution in [2.75, 3.05) is 38.0 Å². The molecule has 1 aliphatic heterocycles. The summed E-state index contributed by atoms with van der Waals surface area (Å²) in [6.45, 7) is 2.98. The Morgan fingerprint density at radius 2 is 1.65 bits per heavy atom. The lowest BCUT2D eigenvalue weighted by Gasteiger charge is -2.34. The molecule has 0 unspecified atom stereocenters. The minimum atomic E-state index is -3.74. The van der Waals surface area contributed by atoms with Crippen LogP contribution in [0.3, 0.4) is 0 Å². The second kappa shape index (κ2) is 10.2. The number of carbonyl (C=O) groups excluding carboxylic acids is 1. The molecule has 0 bridgehead atoms. The van der Waals surface area contributed by atoms with Crippen LogP contribution < -0.4 is 9.46 Å². The Balaban J connectivity index is 1.33. The van der Waals surface area contributed by atoms with Crippen molar-refractivity contribution in [3.05, 3.63) is 89.7 Å². The topological polar surface area (TPSA) is 79.0 Å². The number of ether oxygens (including phenoxy) is 1. The second-order valence-corrected chi connectivity index (χ2v) is 9.72. The summed E-state index contributed by atoms with van der Waals surface area (Å²) in [6.07, 6.45) is 0. The summed E-state index contributed by atoms with van der Waals surface area (Å²) >= 11 is 0. The molecule has 1 heterocycles. The van der Waals surface area contributed by atoms with E-state index in [2.05, 4.69) is 9.62 Å². The van der Waals surface area contributed by atoms with Crippen molar-refractivity contribution < 1.29 is 22.3 Å². The zero-order valence-electron chi connectivity index (χ0n) is 18.8.